The van der Waals surface area contributed by atoms with Gasteiger partial charge in [0.2, 0.25) is 0 Å². The minimum atomic E-state index is 0.334. The van der Waals surface area contributed by atoms with Crippen molar-refractivity contribution in [1.29, 1.82) is 0 Å². The fraction of sp³-hybridized carbons (Fsp3) is 0.273. The summed E-state index contributed by atoms with van der Waals surface area (Å²) in [7, 11) is 0. The molecule has 0 heterocycles. The third-order valence-electron chi connectivity index (χ3n) is 1.95. The highest BCUT2D eigenvalue weighted by atomic mass is 16.3. The zero-order valence-electron chi connectivity index (χ0n) is 7.54. The van der Waals surface area contributed by atoms with E-state index in [1.807, 2.05) is 19.1 Å². The summed E-state index contributed by atoms with van der Waals surface area (Å²) in [6.45, 7) is 4.13. The third-order valence-corrected chi connectivity index (χ3v) is 1.95. The molecule has 1 aromatic rings. The van der Waals surface area contributed by atoms with Crippen LogP contribution in [0, 0.1) is 0 Å². The van der Waals surface area contributed by atoms with Gasteiger partial charge in [0.1, 0.15) is 5.75 Å². The summed E-state index contributed by atoms with van der Waals surface area (Å²) < 4.78 is 0. The summed E-state index contributed by atoms with van der Waals surface area (Å²) in [6.07, 6.45) is 3.08. The Kier molecular flexibility index (Phi) is 2.92. The molecule has 0 spiro atoms. The van der Waals surface area contributed by atoms with E-state index in [0.29, 0.717) is 5.75 Å². The van der Waals surface area contributed by atoms with Crippen molar-refractivity contribution in [1.82, 2.24) is 0 Å². The smallest absolute Gasteiger partial charge is 0.116 e. The maximum absolute atomic E-state index is 9.23. The Morgan fingerprint density at radius 2 is 2.25 bits per heavy atom. The Balaban J connectivity index is 3.02. The van der Waals surface area contributed by atoms with Crippen molar-refractivity contribution in [3.63, 3.8) is 0 Å². The normalized spacial score (nSPS) is 11.7. The Morgan fingerprint density at radius 3 is 2.75 bits per heavy atom. The van der Waals surface area contributed by atoms with Crippen molar-refractivity contribution in [3.05, 3.63) is 35.9 Å². The largest absolute Gasteiger partial charge is 0.508 e. The fourth-order valence-corrected chi connectivity index (χ4v) is 1.28. The van der Waals surface area contributed by atoms with Crippen molar-refractivity contribution in [2.24, 2.45) is 0 Å². The molecule has 0 aromatic heterocycles. The lowest BCUT2D eigenvalue weighted by molar-refractivity contribution is 0.475. The number of hydrogen-bond acceptors (Lipinski definition) is 1. The SMILES string of the molecule is C/C=C(\CC)c1cccc(O)c1. The second-order valence-electron chi connectivity index (χ2n) is 2.72. The summed E-state index contributed by atoms with van der Waals surface area (Å²) in [5, 5.41) is 9.23. The van der Waals surface area contributed by atoms with E-state index in [4.69, 9.17) is 0 Å². The fourth-order valence-electron chi connectivity index (χ4n) is 1.28. The monoisotopic (exact) mass is 162 g/mol. The molecule has 0 atom stereocenters. The van der Waals surface area contributed by atoms with Crippen LogP contribution < -0.4 is 0 Å². The molecule has 1 nitrogen and oxygen atoms in total. The number of aromatic hydroxyl groups is 1. The van der Waals surface area contributed by atoms with Crippen molar-refractivity contribution in [3.8, 4) is 5.75 Å². The molecule has 0 aliphatic carbocycles. The van der Waals surface area contributed by atoms with Gasteiger partial charge in [-0.2, -0.15) is 0 Å². The van der Waals surface area contributed by atoms with Crippen LogP contribution in [0.3, 0.4) is 0 Å². The van der Waals surface area contributed by atoms with Crippen LogP contribution in [0.2, 0.25) is 0 Å². The Hall–Kier alpha value is -1.24. The van der Waals surface area contributed by atoms with E-state index in [-0.39, 0.29) is 0 Å². The first-order chi connectivity index (χ1) is 5.77. The zero-order chi connectivity index (χ0) is 8.97. The van der Waals surface area contributed by atoms with Gasteiger partial charge >= 0.3 is 0 Å². The first kappa shape index (κ1) is 8.85. The van der Waals surface area contributed by atoms with Gasteiger partial charge in [-0.25, -0.2) is 0 Å². The predicted molar refractivity (Wildman–Crippen MR) is 52.0 cm³/mol. The van der Waals surface area contributed by atoms with Crippen LogP contribution in [0.1, 0.15) is 25.8 Å². The maximum atomic E-state index is 9.23. The summed E-state index contributed by atoms with van der Waals surface area (Å²) in [4.78, 5) is 0. The lowest BCUT2D eigenvalue weighted by Crippen LogP contribution is -1.80. The molecular weight excluding hydrogens is 148 g/mol. The molecule has 12 heavy (non-hydrogen) atoms. The molecule has 1 rings (SSSR count). The van der Waals surface area contributed by atoms with Gasteiger partial charge in [-0.05, 0) is 36.6 Å². The van der Waals surface area contributed by atoms with E-state index in [1.54, 1.807) is 12.1 Å². The highest BCUT2D eigenvalue weighted by Gasteiger charge is 1.97. The molecule has 0 bridgehead atoms. The summed E-state index contributed by atoms with van der Waals surface area (Å²) >= 11 is 0. The van der Waals surface area contributed by atoms with Crippen LogP contribution in [-0.4, -0.2) is 5.11 Å². The molecular formula is C11H14O. The summed E-state index contributed by atoms with van der Waals surface area (Å²) in [5.41, 5.74) is 2.38. The van der Waals surface area contributed by atoms with E-state index >= 15 is 0 Å². The zero-order valence-corrected chi connectivity index (χ0v) is 7.54. The number of allylic oxidation sites excluding steroid dienone is 2. The molecule has 0 unspecified atom stereocenters. The van der Waals surface area contributed by atoms with E-state index in [1.165, 1.54) is 5.57 Å². The average molecular weight is 162 g/mol. The lowest BCUT2D eigenvalue weighted by Gasteiger charge is -2.03. The number of rotatable bonds is 2. The van der Waals surface area contributed by atoms with Crippen LogP contribution in [0.25, 0.3) is 5.57 Å². The van der Waals surface area contributed by atoms with Gasteiger partial charge in [-0.1, -0.05) is 25.1 Å². The van der Waals surface area contributed by atoms with Crippen molar-refractivity contribution >= 4 is 5.57 Å². The molecule has 0 saturated heterocycles. The third kappa shape index (κ3) is 1.88. The first-order valence-corrected chi connectivity index (χ1v) is 4.22. The van der Waals surface area contributed by atoms with Crippen LogP contribution in [0.15, 0.2) is 30.3 Å². The molecule has 0 aliphatic rings. The minimum absolute atomic E-state index is 0.334. The van der Waals surface area contributed by atoms with E-state index < -0.39 is 0 Å². The van der Waals surface area contributed by atoms with Crippen molar-refractivity contribution in [2.75, 3.05) is 0 Å². The van der Waals surface area contributed by atoms with Crippen LogP contribution in [0.5, 0.6) is 5.75 Å². The maximum Gasteiger partial charge on any atom is 0.116 e. The van der Waals surface area contributed by atoms with Gasteiger partial charge in [-0.15, -0.1) is 0 Å². The van der Waals surface area contributed by atoms with E-state index in [0.717, 1.165) is 12.0 Å². The predicted octanol–water partition coefficient (Wildman–Crippen LogP) is 3.21. The average Bonchev–Trinajstić information content (AvgIpc) is 2.07. The summed E-state index contributed by atoms with van der Waals surface area (Å²) in [6, 6.07) is 7.35. The molecule has 64 valence electrons. The highest BCUT2D eigenvalue weighted by Crippen LogP contribution is 2.21. The molecule has 0 saturated carbocycles. The first-order valence-electron chi connectivity index (χ1n) is 4.22. The van der Waals surface area contributed by atoms with Gasteiger partial charge in [-0.3, -0.25) is 0 Å². The van der Waals surface area contributed by atoms with E-state index in [2.05, 4.69) is 13.0 Å². The standard InChI is InChI=1S/C11H14O/c1-3-9(4-2)10-6-5-7-11(12)8-10/h3,5-8,12H,4H2,1-2H3/b9-3+. The number of phenols is 1. The van der Waals surface area contributed by atoms with Crippen molar-refractivity contribution in [2.45, 2.75) is 20.3 Å². The second-order valence-corrected chi connectivity index (χ2v) is 2.72. The quantitative estimate of drug-likeness (QED) is 0.708. The molecule has 0 radical (unpaired) electrons. The van der Waals surface area contributed by atoms with Gasteiger partial charge < -0.3 is 5.11 Å². The molecule has 0 amide bonds. The topological polar surface area (TPSA) is 20.2 Å². The van der Waals surface area contributed by atoms with Gasteiger partial charge in [0, 0.05) is 0 Å². The number of phenolic OH excluding ortho intramolecular Hbond substituents is 1. The molecule has 0 fully saturated rings. The molecule has 1 heteroatoms. The summed E-state index contributed by atoms with van der Waals surface area (Å²) in [5.74, 6) is 0.334. The van der Waals surface area contributed by atoms with E-state index in [9.17, 15) is 5.11 Å². The minimum Gasteiger partial charge on any atom is -0.508 e. The lowest BCUT2D eigenvalue weighted by atomic mass is 10.0. The highest BCUT2D eigenvalue weighted by molar-refractivity contribution is 5.65. The van der Waals surface area contributed by atoms with Gasteiger partial charge in [0.05, 0.1) is 0 Å². The van der Waals surface area contributed by atoms with Crippen LogP contribution >= 0.6 is 0 Å². The van der Waals surface area contributed by atoms with Crippen molar-refractivity contribution < 1.29 is 5.11 Å². The molecule has 1 N–H and O–H groups in total. The second kappa shape index (κ2) is 3.96. The number of hydrogen-bond donors (Lipinski definition) is 1. The molecule has 1 aromatic carbocycles. The Morgan fingerprint density at radius 1 is 1.50 bits per heavy atom. The van der Waals surface area contributed by atoms with Crippen LogP contribution in [-0.2, 0) is 0 Å². The van der Waals surface area contributed by atoms with Crippen LogP contribution in [0.4, 0.5) is 0 Å². The Labute approximate surface area is 73.4 Å². The Bertz CT molecular complexity index is 287. The molecule has 0 aliphatic heterocycles. The van der Waals surface area contributed by atoms with Gasteiger partial charge in [0.25, 0.3) is 0 Å². The number of benzene rings is 1. The van der Waals surface area contributed by atoms with Gasteiger partial charge in [0.15, 0.2) is 0 Å².